The molecule has 2 N–H and O–H groups in total. The Balaban J connectivity index is 0.00000288. The second-order valence-corrected chi connectivity index (χ2v) is 5.66. The van der Waals surface area contributed by atoms with Crippen LogP contribution in [0.15, 0.2) is 41.7 Å². The van der Waals surface area contributed by atoms with Crippen LogP contribution in [0, 0.1) is 5.82 Å². The van der Waals surface area contributed by atoms with E-state index in [0.717, 1.165) is 12.1 Å². The summed E-state index contributed by atoms with van der Waals surface area (Å²) in [5.41, 5.74) is 1.67. The number of rotatable bonds is 6. The fourth-order valence-electron chi connectivity index (χ4n) is 2.24. The summed E-state index contributed by atoms with van der Waals surface area (Å²) in [5.74, 6) is 0.439. The molecule has 1 heterocycles. The Labute approximate surface area is 164 Å². The Kier molecular flexibility index (Phi) is 9.13. The Morgan fingerprint density at radius 2 is 2.08 bits per heavy atom. The van der Waals surface area contributed by atoms with E-state index in [1.807, 2.05) is 37.0 Å². The summed E-state index contributed by atoms with van der Waals surface area (Å²) in [4.78, 5) is 4.53. The summed E-state index contributed by atoms with van der Waals surface area (Å²) in [6.07, 6.45) is 4.53. The number of hydrogen-bond donors (Lipinski definition) is 2. The first-order valence-corrected chi connectivity index (χ1v) is 8.04. The van der Waals surface area contributed by atoms with Crippen molar-refractivity contribution in [1.82, 2.24) is 15.2 Å². The van der Waals surface area contributed by atoms with E-state index < -0.39 is 0 Å². The lowest BCUT2D eigenvalue weighted by molar-refractivity contribution is 0.607. The van der Waals surface area contributed by atoms with Gasteiger partial charge in [-0.3, -0.25) is 0 Å². The molecule has 0 unspecified atom stereocenters. The van der Waals surface area contributed by atoms with Crippen LogP contribution in [0.25, 0.3) is 0 Å². The van der Waals surface area contributed by atoms with E-state index in [9.17, 15) is 4.39 Å². The Morgan fingerprint density at radius 1 is 1.29 bits per heavy atom. The molecule has 24 heavy (non-hydrogen) atoms. The van der Waals surface area contributed by atoms with Gasteiger partial charge in [-0.05, 0) is 37.1 Å². The summed E-state index contributed by atoms with van der Waals surface area (Å²) in [5, 5.41) is 6.84. The molecule has 0 aliphatic carbocycles. The maximum absolute atomic E-state index is 13.7. The molecule has 1 aromatic carbocycles. The highest BCUT2D eigenvalue weighted by molar-refractivity contribution is 14.0. The highest BCUT2D eigenvalue weighted by Crippen LogP contribution is 2.18. The van der Waals surface area contributed by atoms with Crippen molar-refractivity contribution in [3.8, 4) is 0 Å². The van der Waals surface area contributed by atoms with E-state index in [2.05, 4.69) is 15.6 Å². The fourth-order valence-corrected chi connectivity index (χ4v) is 2.50. The topological polar surface area (TPSA) is 41.4 Å². The lowest BCUT2D eigenvalue weighted by Crippen LogP contribution is -2.38. The quantitative estimate of drug-likeness (QED) is 0.389. The third-order valence-corrected chi connectivity index (χ3v) is 3.74. The lowest BCUT2D eigenvalue weighted by atomic mass is 10.1. The van der Waals surface area contributed by atoms with Crippen molar-refractivity contribution in [1.29, 1.82) is 0 Å². The van der Waals surface area contributed by atoms with Crippen LogP contribution >= 0.6 is 35.6 Å². The number of halogens is 3. The van der Waals surface area contributed by atoms with Gasteiger partial charge in [0.15, 0.2) is 5.96 Å². The number of aryl methyl sites for hydroxylation is 1. The predicted molar refractivity (Wildman–Crippen MR) is 109 cm³/mol. The molecule has 0 atom stereocenters. The average molecular weight is 465 g/mol. The first-order valence-electron chi connectivity index (χ1n) is 7.66. The minimum absolute atomic E-state index is 0. The molecule has 0 radical (unpaired) electrons. The van der Waals surface area contributed by atoms with Crippen LogP contribution in [0.2, 0.25) is 5.02 Å². The Morgan fingerprint density at radius 3 is 2.71 bits per heavy atom. The lowest BCUT2D eigenvalue weighted by Gasteiger charge is -2.12. The van der Waals surface area contributed by atoms with Gasteiger partial charge in [0, 0.05) is 43.1 Å². The number of nitrogens with one attached hydrogen (secondary N) is 2. The van der Waals surface area contributed by atoms with Crippen molar-refractivity contribution in [2.24, 2.45) is 12.0 Å². The van der Waals surface area contributed by atoms with Gasteiger partial charge in [0.1, 0.15) is 5.82 Å². The van der Waals surface area contributed by atoms with Crippen LogP contribution in [0.4, 0.5) is 4.39 Å². The number of hydrogen-bond acceptors (Lipinski definition) is 1. The van der Waals surface area contributed by atoms with E-state index in [1.165, 1.54) is 6.07 Å². The molecule has 2 rings (SSSR count). The zero-order valence-corrected chi connectivity index (χ0v) is 16.9. The van der Waals surface area contributed by atoms with Crippen LogP contribution < -0.4 is 10.6 Å². The van der Waals surface area contributed by atoms with Gasteiger partial charge in [0.25, 0.3) is 0 Å². The van der Waals surface area contributed by atoms with E-state index in [1.54, 1.807) is 12.1 Å². The molecule has 0 aliphatic heterocycles. The normalized spacial score (nSPS) is 11.1. The zero-order valence-electron chi connectivity index (χ0n) is 13.9. The average Bonchev–Trinajstić information content (AvgIpc) is 2.93. The molecule has 1 aromatic heterocycles. The van der Waals surface area contributed by atoms with Crippen LogP contribution in [-0.4, -0.2) is 23.6 Å². The summed E-state index contributed by atoms with van der Waals surface area (Å²) < 4.78 is 15.7. The summed E-state index contributed by atoms with van der Waals surface area (Å²) in [6.45, 7) is 3.92. The number of benzene rings is 1. The largest absolute Gasteiger partial charge is 0.357 e. The van der Waals surface area contributed by atoms with Crippen LogP contribution in [0.1, 0.15) is 18.1 Å². The zero-order chi connectivity index (χ0) is 16.7. The van der Waals surface area contributed by atoms with Gasteiger partial charge in [-0.1, -0.05) is 17.7 Å². The van der Waals surface area contributed by atoms with Gasteiger partial charge in [0.05, 0.1) is 6.54 Å². The summed E-state index contributed by atoms with van der Waals surface area (Å²) >= 11 is 6.03. The van der Waals surface area contributed by atoms with Gasteiger partial charge >= 0.3 is 0 Å². The van der Waals surface area contributed by atoms with E-state index >= 15 is 0 Å². The monoisotopic (exact) mass is 464 g/mol. The summed E-state index contributed by atoms with van der Waals surface area (Å²) in [6, 6.07) is 6.77. The molecule has 0 bridgehead atoms. The Bertz CT molecular complexity index is 652. The predicted octanol–water partition coefficient (Wildman–Crippen LogP) is 3.73. The second kappa shape index (κ2) is 10.6. The minimum Gasteiger partial charge on any atom is -0.357 e. The van der Waals surface area contributed by atoms with Crippen molar-refractivity contribution >= 4 is 41.5 Å². The first-order chi connectivity index (χ1) is 11.1. The van der Waals surface area contributed by atoms with E-state index in [-0.39, 0.29) is 29.8 Å². The minimum atomic E-state index is -0.273. The number of aliphatic imine (C=N–C) groups is 1. The van der Waals surface area contributed by atoms with Crippen LogP contribution in [0.5, 0.6) is 0 Å². The van der Waals surface area contributed by atoms with Crippen molar-refractivity contribution in [2.45, 2.75) is 19.9 Å². The fraction of sp³-hybridized carbons (Fsp3) is 0.353. The standard InChI is InChI=1S/C17H22ClFN4.HI/c1-3-20-17(22-11-13-8-10-23(2)12-13)21-9-7-14-15(18)5-4-6-16(14)19;/h4-6,8,10,12H,3,7,9,11H2,1-2H3,(H2,20,21,22);1H. The van der Waals surface area contributed by atoms with Crippen LogP contribution in [0.3, 0.4) is 0 Å². The molecule has 0 aliphatic rings. The SMILES string of the molecule is CCNC(=NCc1ccn(C)c1)NCCc1c(F)cccc1Cl.I. The van der Waals surface area contributed by atoms with E-state index in [0.29, 0.717) is 36.1 Å². The second-order valence-electron chi connectivity index (χ2n) is 5.26. The molecule has 0 fully saturated rings. The first kappa shape index (κ1) is 20.8. The number of aromatic nitrogens is 1. The van der Waals surface area contributed by atoms with Crippen molar-refractivity contribution < 1.29 is 4.39 Å². The van der Waals surface area contributed by atoms with Gasteiger partial charge in [-0.2, -0.15) is 0 Å². The molecule has 7 heteroatoms. The smallest absolute Gasteiger partial charge is 0.191 e. The molecule has 2 aromatic rings. The van der Waals surface area contributed by atoms with Gasteiger partial charge < -0.3 is 15.2 Å². The maximum atomic E-state index is 13.7. The molecule has 0 spiro atoms. The molecule has 132 valence electrons. The highest BCUT2D eigenvalue weighted by atomic mass is 127. The van der Waals surface area contributed by atoms with Crippen molar-refractivity contribution in [3.05, 3.63) is 58.6 Å². The van der Waals surface area contributed by atoms with E-state index in [4.69, 9.17) is 11.6 Å². The Hall–Kier alpha value is -1.28. The molecular weight excluding hydrogens is 442 g/mol. The number of guanidine groups is 1. The maximum Gasteiger partial charge on any atom is 0.191 e. The molecule has 4 nitrogen and oxygen atoms in total. The molecular formula is C17H23ClFIN4. The van der Waals surface area contributed by atoms with Crippen molar-refractivity contribution in [3.63, 3.8) is 0 Å². The highest BCUT2D eigenvalue weighted by Gasteiger charge is 2.07. The van der Waals surface area contributed by atoms with Gasteiger partial charge in [-0.25, -0.2) is 9.38 Å². The van der Waals surface area contributed by atoms with Gasteiger partial charge in [-0.15, -0.1) is 24.0 Å². The van der Waals surface area contributed by atoms with Crippen LogP contribution in [-0.2, 0) is 20.0 Å². The third-order valence-electron chi connectivity index (χ3n) is 3.39. The summed E-state index contributed by atoms with van der Waals surface area (Å²) in [7, 11) is 1.98. The third kappa shape index (κ3) is 6.32. The number of nitrogens with zero attached hydrogens (tertiary/aromatic N) is 2. The van der Waals surface area contributed by atoms with Crippen molar-refractivity contribution in [2.75, 3.05) is 13.1 Å². The molecule has 0 amide bonds. The molecule has 0 saturated heterocycles. The van der Waals surface area contributed by atoms with Gasteiger partial charge in [0.2, 0.25) is 0 Å². The molecule has 0 saturated carbocycles.